The highest BCUT2D eigenvalue weighted by atomic mass is 19.1. The van der Waals surface area contributed by atoms with Gasteiger partial charge in [-0.2, -0.15) is 5.10 Å². The number of rotatable bonds is 2. The van der Waals surface area contributed by atoms with E-state index in [1.807, 2.05) is 25.1 Å². The van der Waals surface area contributed by atoms with Crippen molar-refractivity contribution in [1.82, 2.24) is 9.78 Å². The second-order valence-corrected chi connectivity index (χ2v) is 5.08. The molecule has 0 amide bonds. The molecular formula is C14H18FN3. The molecule has 0 aliphatic heterocycles. The first-order valence-corrected chi connectivity index (χ1v) is 5.89. The Hall–Kier alpha value is -1.84. The molecule has 0 aliphatic rings. The molecule has 4 heteroatoms. The summed E-state index contributed by atoms with van der Waals surface area (Å²) in [7, 11) is 1.79. The second kappa shape index (κ2) is 4.12. The number of anilines is 1. The van der Waals surface area contributed by atoms with Crippen molar-refractivity contribution in [2.24, 2.45) is 7.05 Å². The van der Waals surface area contributed by atoms with Crippen LogP contribution in [0, 0.1) is 6.92 Å². The van der Waals surface area contributed by atoms with E-state index in [2.05, 4.69) is 5.10 Å². The Morgan fingerprint density at radius 1 is 1.28 bits per heavy atom. The summed E-state index contributed by atoms with van der Waals surface area (Å²) in [4.78, 5) is 0. The third-order valence-corrected chi connectivity index (χ3v) is 3.12. The first kappa shape index (κ1) is 12.6. The summed E-state index contributed by atoms with van der Waals surface area (Å²) in [6.45, 7) is 5.08. The molecule has 0 atom stereocenters. The fourth-order valence-corrected chi connectivity index (χ4v) is 1.88. The number of benzene rings is 1. The number of nitrogens with zero attached hydrogens (tertiary/aromatic N) is 2. The van der Waals surface area contributed by atoms with Crippen molar-refractivity contribution in [3.63, 3.8) is 0 Å². The van der Waals surface area contributed by atoms with Crippen LogP contribution in [0.25, 0.3) is 11.3 Å². The van der Waals surface area contributed by atoms with Crippen LogP contribution in [0.15, 0.2) is 24.3 Å². The minimum absolute atomic E-state index is 0.592. The van der Waals surface area contributed by atoms with Gasteiger partial charge in [0.05, 0.1) is 5.69 Å². The van der Waals surface area contributed by atoms with E-state index >= 15 is 0 Å². The number of halogens is 1. The van der Waals surface area contributed by atoms with Crippen molar-refractivity contribution in [1.29, 1.82) is 0 Å². The van der Waals surface area contributed by atoms with Gasteiger partial charge in [0.25, 0.3) is 0 Å². The Morgan fingerprint density at radius 3 is 2.44 bits per heavy atom. The molecule has 3 nitrogen and oxygen atoms in total. The summed E-state index contributed by atoms with van der Waals surface area (Å²) in [6.07, 6.45) is 0. The van der Waals surface area contributed by atoms with Crippen LogP contribution in [-0.4, -0.2) is 9.78 Å². The summed E-state index contributed by atoms with van der Waals surface area (Å²) < 4.78 is 15.6. The molecular weight excluding hydrogens is 229 g/mol. The summed E-state index contributed by atoms with van der Waals surface area (Å²) in [6, 6.07) is 7.37. The van der Waals surface area contributed by atoms with Gasteiger partial charge in [-0.1, -0.05) is 12.1 Å². The van der Waals surface area contributed by atoms with Gasteiger partial charge in [-0.15, -0.1) is 0 Å². The Labute approximate surface area is 106 Å². The predicted molar refractivity (Wildman–Crippen MR) is 71.9 cm³/mol. The van der Waals surface area contributed by atoms with E-state index in [0.717, 1.165) is 16.8 Å². The zero-order valence-corrected chi connectivity index (χ0v) is 11.2. The van der Waals surface area contributed by atoms with Crippen molar-refractivity contribution in [3.05, 3.63) is 35.4 Å². The number of nitrogen functional groups attached to an aromatic ring is 1. The Kier molecular flexibility index (Phi) is 2.89. The Morgan fingerprint density at radius 2 is 1.94 bits per heavy atom. The lowest BCUT2D eigenvalue weighted by Crippen LogP contribution is -2.09. The van der Waals surface area contributed by atoms with Crippen LogP contribution in [0.1, 0.15) is 25.0 Å². The number of hydrogen-bond donors (Lipinski definition) is 1. The van der Waals surface area contributed by atoms with Gasteiger partial charge in [0, 0.05) is 18.7 Å². The van der Waals surface area contributed by atoms with Crippen molar-refractivity contribution < 1.29 is 4.39 Å². The highest BCUT2D eigenvalue weighted by Gasteiger charge is 2.20. The van der Waals surface area contributed by atoms with Gasteiger partial charge >= 0.3 is 0 Å². The number of hydrogen-bond acceptors (Lipinski definition) is 2. The smallest absolute Gasteiger partial charge is 0.130 e. The minimum atomic E-state index is -1.36. The lowest BCUT2D eigenvalue weighted by molar-refractivity contribution is 0.221. The SMILES string of the molecule is Cc1ccc(C(C)(C)F)cc1-c1cc(N)n(C)n1. The Balaban J connectivity index is 2.56. The quantitative estimate of drug-likeness (QED) is 0.885. The normalized spacial score (nSPS) is 11.8. The zero-order chi connectivity index (χ0) is 13.5. The summed E-state index contributed by atoms with van der Waals surface area (Å²) >= 11 is 0. The van der Waals surface area contributed by atoms with Crippen LogP contribution >= 0.6 is 0 Å². The van der Waals surface area contributed by atoms with Gasteiger partial charge in [-0.3, -0.25) is 4.68 Å². The minimum Gasteiger partial charge on any atom is -0.384 e. The van der Waals surface area contributed by atoms with Crippen LogP contribution in [0.3, 0.4) is 0 Å². The first-order chi connectivity index (χ1) is 8.29. The van der Waals surface area contributed by atoms with Crippen LogP contribution in [0.2, 0.25) is 0 Å². The fraction of sp³-hybridized carbons (Fsp3) is 0.357. The highest BCUT2D eigenvalue weighted by molar-refractivity contribution is 5.67. The third-order valence-electron chi connectivity index (χ3n) is 3.12. The number of aromatic nitrogens is 2. The Bertz CT molecular complexity index is 560. The molecule has 0 unspecified atom stereocenters. The molecule has 0 radical (unpaired) electrons. The average Bonchev–Trinajstić information content (AvgIpc) is 2.58. The topological polar surface area (TPSA) is 43.8 Å². The maximum absolute atomic E-state index is 14.0. The molecule has 1 aromatic carbocycles. The van der Waals surface area contributed by atoms with Crippen LogP contribution in [0.4, 0.5) is 10.2 Å². The molecule has 2 rings (SSSR count). The van der Waals surface area contributed by atoms with Gasteiger partial charge in [-0.05, 0) is 38.0 Å². The van der Waals surface area contributed by atoms with E-state index in [4.69, 9.17) is 5.73 Å². The monoisotopic (exact) mass is 247 g/mol. The van der Waals surface area contributed by atoms with Crippen LogP contribution in [0.5, 0.6) is 0 Å². The van der Waals surface area contributed by atoms with Crippen LogP contribution < -0.4 is 5.73 Å². The van der Waals surface area contributed by atoms with E-state index in [9.17, 15) is 4.39 Å². The molecule has 0 spiro atoms. The maximum atomic E-state index is 14.0. The number of nitrogens with two attached hydrogens (primary N) is 1. The van der Waals surface area contributed by atoms with Crippen molar-refractivity contribution in [2.75, 3.05) is 5.73 Å². The predicted octanol–water partition coefficient (Wildman–Crippen LogP) is 3.18. The van der Waals surface area contributed by atoms with Gasteiger partial charge < -0.3 is 5.73 Å². The fourth-order valence-electron chi connectivity index (χ4n) is 1.88. The summed E-state index contributed by atoms with van der Waals surface area (Å²) in [5.74, 6) is 0.592. The molecule has 2 aromatic rings. The van der Waals surface area contributed by atoms with E-state index < -0.39 is 5.67 Å². The molecule has 0 saturated carbocycles. The average molecular weight is 247 g/mol. The van der Waals surface area contributed by atoms with Gasteiger partial charge in [0.1, 0.15) is 11.5 Å². The van der Waals surface area contributed by atoms with Crippen molar-refractivity contribution in [2.45, 2.75) is 26.4 Å². The van der Waals surface area contributed by atoms with E-state index in [0.29, 0.717) is 11.4 Å². The molecule has 0 aliphatic carbocycles. The van der Waals surface area contributed by atoms with Crippen molar-refractivity contribution in [3.8, 4) is 11.3 Å². The van der Waals surface area contributed by atoms with Crippen LogP contribution in [-0.2, 0) is 12.7 Å². The number of aryl methyl sites for hydroxylation is 2. The van der Waals surface area contributed by atoms with E-state index in [1.54, 1.807) is 31.6 Å². The van der Waals surface area contributed by atoms with E-state index in [1.165, 1.54) is 0 Å². The summed E-state index contributed by atoms with van der Waals surface area (Å²) in [5, 5.41) is 4.33. The third kappa shape index (κ3) is 2.23. The lowest BCUT2D eigenvalue weighted by atomic mass is 9.94. The van der Waals surface area contributed by atoms with Gasteiger partial charge in [0.15, 0.2) is 0 Å². The van der Waals surface area contributed by atoms with E-state index in [-0.39, 0.29) is 0 Å². The molecule has 1 aromatic heterocycles. The van der Waals surface area contributed by atoms with Gasteiger partial charge in [0.2, 0.25) is 0 Å². The van der Waals surface area contributed by atoms with Crippen molar-refractivity contribution >= 4 is 5.82 Å². The standard InChI is InChI=1S/C14H18FN3/c1-9-5-6-10(14(2,3)15)7-11(9)12-8-13(16)18(4)17-12/h5-8H,16H2,1-4H3. The molecule has 0 saturated heterocycles. The zero-order valence-electron chi connectivity index (χ0n) is 11.2. The second-order valence-electron chi connectivity index (χ2n) is 5.08. The molecule has 0 bridgehead atoms. The maximum Gasteiger partial charge on any atom is 0.130 e. The highest BCUT2D eigenvalue weighted by Crippen LogP contribution is 2.31. The number of alkyl halides is 1. The first-order valence-electron chi connectivity index (χ1n) is 5.89. The summed E-state index contributed by atoms with van der Waals surface area (Å²) in [5.41, 5.74) is 7.82. The molecule has 18 heavy (non-hydrogen) atoms. The molecule has 0 fully saturated rings. The molecule has 96 valence electrons. The molecule has 2 N–H and O–H groups in total. The van der Waals surface area contributed by atoms with Gasteiger partial charge in [-0.25, -0.2) is 4.39 Å². The largest absolute Gasteiger partial charge is 0.384 e. The lowest BCUT2D eigenvalue weighted by Gasteiger charge is -2.16. The molecule has 1 heterocycles.